The van der Waals surface area contributed by atoms with Gasteiger partial charge >= 0.3 is 6.03 Å². The second-order valence-corrected chi connectivity index (χ2v) is 7.45. The standard InChI is InChI=1S/C20H29N3O3/c1-2-25-13-10-22-19-17(15-4-3-9-21-14-15)5-6-18(19)23(20(22)24)16-7-11-26-12-8-16/h3-4,9,14,16-19H,2,5-8,10-13H2,1H3/t17-,18-,19+/m0/s1. The summed E-state index contributed by atoms with van der Waals surface area (Å²) in [6, 6.07) is 5.20. The highest BCUT2D eigenvalue weighted by Crippen LogP contribution is 2.45. The van der Waals surface area contributed by atoms with Crippen LogP contribution in [0.2, 0.25) is 0 Å². The highest BCUT2D eigenvalue weighted by molar-refractivity contribution is 5.79. The first-order chi connectivity index (χ1) is 12.8. The van der Waals surface area contributed by atoms with Gasteiger partial charge in [0.15, 0.2) is 0 Å². The number of hydrogen-bond acceptors (Lipinski definition) is 4. The van der Waals surface area contributed by atoms with E-state index in [0.717, 1.165) is 38.9 Å². The molecule has 0 spiro atoms. The second-order valence-electron chi connectivity index (χ2n) is 7.45. The van der Waals surface area contributed by atoms with Gasteiger partial charge in [-0.25, -0.2) is 4.79 Å². The van der Waals surface area contributed by atoms with Gasteiger partial charge in [0, 0.05) is 50.7 Å². The minimum absolute atomic E-state index is 0.195. The number of fused-ring (bicyclic) bond motifs is 1. The van der Waals surface area contributed by atoms with E-state index < -0.39 is 0 Å². The molecule has 3 fully saturated rings. The molecule has 1 aliphatic carbocycles. The average Bonchev–Trinajstić information content (AvgIpc) is 3.22. The van der Waals surface area contributed by atoms with Crippen LogP contribution < -0.4 is 0 Å². The summed E-state index contributed by atoms with van der Waals surface area (Å²) in [7, 11) is 0. The predicted octanol–water partition coefficient (Wildman–Crippen LogP) is 2.65. The van der Waals surface area contributed by atoms with E-state index in [9.17, 15) is 4.79 Å². The number of ether oxygens (including phenoxy) is 2. The summed E-state index contributed by atoms with van der Waals surface area (Å²) < 4.78 is 11.1. The van der Waals surface area contributed by atoms with Crippen molar-refractivity contribution in [2.45, 2.75) is 56.7 Å². The first-order valence-electron chi connectivity index (χ1n) is 9.95. The molecule has 142 valence electrons. The van der Waals surface area contributed by atoms with Gasteiger partial charge in [-0.05, 0) is 44.2 Å². The molecule has 4 rings (SSSR count). The van der Waals surface area contributed by atoms with Gasteiger partial charge in [-0.3, -0.25) is 4.98 Å². The molecule has 1 aromatic rings. The molecule has 1 saturated carbocycles. The molecular weight excluding hydrogens is 330 g/mol. The fourth-order valence-electron chi connectivity index (χ4n) is 5.01. The minimum atomic E-state index is 0.195. The van der Waals surface area contributed by atoms with Gasteiger partial charge in [-0.1, -0.05) is 6.07 Å². The number of nitrogens with zero attached hydrogens (tertiary/aromatic N) is 3. The zero-order chi connectivity index (χ0) is 17.9. The molecule has 3 heterocycles. The van der Waals surface area contributed by atoms with Crippen LogP contribution in [0.1, 0.15) is 44.1 Å². The molecule has 0 bridgehead atoms. The maximum atomic E-state index is 13.3. The zero-order valence-corrected chi connectivity index (χ0v) is 15.5. The Hall–Kier alpha value is -1.66. The topological polar surface area (TPSA) is 54.9 Å². The normalized spacial score (nSPS) is 29.4. The number of urea groups is 1. The number of aromatic nitrogens is 1. The third-order valence-electron chi connectivity index (χ3n) is 6.14. The van der Waals surface area contributed by atoms with Crippen LogP contribution in [0.4, 0.5) is 4.79 Å². The van der Waals surface area contributed by atoms with Crippen molar-refractivity contribution in [3.8, 4) is 0 Å². The van der Waals surface area contributed by atoms with Crippen LogP contribution in [-0.2, 0) is 9.47 Å². The third-order valence-corrected chi connectivity index (χ3v) is 6.14. The maximum absolute atomic E-state index is 13.3. The molecule has 3 atom stereocenters. The minimum Gasteiger partial charge on any atom is -0.381 e. The number of hydrogen-bond donors (Lipinski definition) is 0. The summed E-state index contributed by atoms with van der Waals surface area (Å²) in [5.41, 5.74) is 1.25. The van der Waals surface area contributed by atoms with E-state index in [1.165, 1.54) is 5.56 Å². The highest BCUT2D eigenvalue weighted by Gasteiger charge is 2.54. The molecule has 0 unspecified atom stereocenters. The van der Waals surface area contributed by atoms with E-state index in [1.54, 1.807) is 0 Å². The molecular formula is C20H29N3O3. The summed E-state index contributed by atoms with van der Waals surface area (Å²) in [5.74, 6) is 0.365. The SMILES string of the molecule is CCOCCN1C(=O)N(C2CCOCC2)[C@H]2CC[C@@H](c3cccnc3)[C@H]21. The van der Waals surface area contributed by atoms with Crippen molar-refractivity contribution in [3.63, 3.8) is 0 Å². The van der Waals surface area contributed by atoms with Crippen LogP contribution in [0.25, 0.3) is 0 Å². The lowest BCUT2D eigenvalue weighted by atomic mass is 9.94. The van der Waals surface area contributed by atoms with Gasteiger partial charge in [0.25, 0.3) is 0 Å². The molecule has 1 aromatic heterocycles. The Labute approximate surface area is 155 Å². The van der Waals surface area contributed by atoms with Gasteiger partial charge in [0.2, 0.25) is 0 Å². The smallest absolute Gasteiger partial charge is 0.321 e. The monoisotopic (exact) mass is 359 g/mol. The Kier molecular flexibility index (Phi) is 5.41. The van der Waals surface area contributed by atoms with Gasteiger partial charge in [-0.2, -0.15) is 0 Å². The Morgan fingerprint density at radius 1 is 1.27 bits per heavy atom. The second kappa shape index (κ2) is 7.92. The van der Waals surface area contributed by atoms with Gasteiger partial charge in [-0.15, -0.1) is 0 Å². The Morgan fingerprint density at radius 2 is 2.12 bits per heavy atom. The van der Waals surface area contributed by atoms with Gasteiger partial charge < -0.3 is 19.3 Å². The largest absolute Gasteiger partial charge is 0.381 e. The van der Waals surface area contributed by atoms with E-state index in [0.29, 0.717) is 37.8 Å². The lowest BCUT2D eigenvalue weighted by molar-refractivity contribution is 0.0407. The lowest BCUT2D eigenvalue weighted by Crippen LogP contribution is -2.45. The van der Waals surface area contributed by atoms with Gasteiger partial charge in [0.1, 0.15) is 0 Å². The highest BCUT2D eigenvalue weighted by atomic mass is 16.5. The molecule has 6 nitrogen and oxygen atoms in total. The molecule has 2 amide bonds. The van der Waals surface area contributed by atoms with Crippen LogP contribution in [0.5, 0.6) is 0 Å². The van der Waals surface area contributed by atoms with Crippen molar-refractivity contribution in [1.29, 1.82) is 0 Å². The predicted molar refractivity (Wildman–Crippen MR) is 98.1 cm³/mol. The number of carbonyl (C=O) groups is 1. The molecule has 0 radical (unpaired) electrons. The number of carbonyl (C=O) groups excluding carboxylic acids is 1. The Morgan fingerprint density at radius 3 is 2.85 bits per heavy atom. The lowest BCUT2D eigenvalue weighted by Gasteiger charge is -2.34. The Bertz CT molecular complexity index is 606. The van der Waals surface area contributed by atoms with Crippen LogP contribution in [0.3, 0.4) is 0 Å². The van der Waals surface area contributed by atoms with E-state index in [4.69, 9.17) is 9.47 Å². The van der Waals surface area contributed by atoms with E-state index in [2.05, 4.69) is 20.9 Å². The van der Waals surface area contributed by atoms with Crippen molar-refractivity contribution >= 4 is 6.03 Å². The van der Waals surface area contributed by atoms with Crippen molar-refractivity contribution < 1.29 is 14.3 Å². The molecule has 3 aliphatic rings. The first kappa shape index (κ1) is 17.7. The summed E-state index contributed by atoms with van der Waals surface area (Å²) in [6.07, 6.45) is 7.86. The fourth-order valence-corrected chi connectivity index (χ4v) is 5.01. The van der Waals surface area contributed by atoms with Crippen molar-refractivity contribution in [2.24, 2.45) is 0 Å². The molecule has 0 aromatic carbocycles. The fraction of sp³-hybridized carbons (Fsp3) is 0.700. The molecule has 2 aliphatic heterocycles. The number of pyridine rings is 1. The molecule has 2 saturated heterocycles. The first-order valence-corrected chi connectivity index (χ1v) is 9.95. The van der Waals surface area contributed by atoms with Crippen molar-refractivity contribution in [2.75, 3.05) is 33.0 Å². The van der Waals surface area contributed by atoms with Crippen LogP contribution in [0, 0.1) is 0 Å². The molecule has 6 heteroatoms. The number of rotatable bonds is 6. The quantitative estimate of drug-likeness (QED) is 0.733. The van der Waals surface area contributed by atoms with E-state index in [1.807, 2.05) is 25.4 Å². The summed E-state index contributed by atoms with van der Waals surface area (Å²) in [6.45, 7) is 5.48. The summed E-state index contributed by atoms with van der Waals surface area (Å²) in [4.78, 5) is 21.9. The van der Waals surface area contributed by atoms with Crippen LogP contribution >= 0.6 is 0 Å². The molecule has 26 heavy (non-hydrogen) atoms. The van der Waals surface area contributed by atoms with Crippen LogP contribution in [0.15, 0.2) is 24.5 Å². The summed E-state index contributed by atoms with van der Waals surface area (Å²) in [5, 5.41) is 0. The van der Waals surface area contributed by atoms with Crippen LogP contribution in [-0.4, -0.2) is 71.9 Å². The number of amides is 2. The average molecular weight is 359 g/mol. The van der Waals surface area contributed by atoms with Gasteiger partial charge in [0.05, 0.1) is 18.7 Å². The zero-order valence-electron chi connectivity index (χ0n) is 15.5. The third kappa shape index (κ3) is 3.21. The maximum Gasteiger partial charge on any atom is 0.321 e. The summed E-state index contributed by atoms with van der Waals surface area (Å²) >= 11 is 0. The van der Waals surface area contributed by atoms with E-state index in [-0.39, 0.29) is 12.1 Å². The van der Waals surface area contributed by atoms with Crippen molar-refractivity contribution in [1.82, 2.24) is 14.8 Å². The van der Waals surface area contributed by atoms with E-state index >= 15 is 0 Å². The van der Waals surface area contributed by atoms with Crippen molar-refractivity contribution in [3.05, 3.63) is 30.1 Å². The Balaban J connectivity index is 1.59. The molecule has 0 N–H and O–H groups in total.